The molecule has 0 unspecified atom stereocenters. The van der Waals surface area contributed by atoms with Gasteiger partial charge < -0.3 is 24.7 Å². The van der Waals surface area contributed by atoms with Crippen LogP contribution in [0.5, 0.6) is 5.75 Å². The standard InChI is InChI=1S/C26H27ClN4O4/c1-34-23-7-4-18(27)16-21(23)31(26(28)33)20-5-2-17(3-6-20)22-8-9-24(35-22)25(32)30-15-14-29-12-10-19(30)11-13-29/h2-9,16,19H,10-15H2,1H3,(H2,28,33). The average Bonchev–Trinajstić information content (AvgIpc) is 3.17. The lowest BCUT2D eigenvalue weighted by molar-refractivity contribution is 0.0653. The Bertz CT molecular complexity index is 1230. The molecular weight excluding hydrogens is 468 g/mol. The number of carbonyl (C=O) groups excluding carboxylic acids is 2. The fourth-order valence-electron chi connectivity index (χ4n) is 4.90. The van der Waals surface area contributed by atoms with Crippen molar-refractivity contribution in [3.05, 3.63) is 65.4 Å². The minimum atomic E-state index is -0.674. The molecule has 9 heteroatoms. The number of halogens is 1. The van der Waals surface area contributed by atoms with E-state index in [1.807, 2.05) is 17.0 Å². The third-order valence-electron chi connectivity index (χ3n) is 6.74. The molecule has 3 fully saturated rings. The molecule has 0 radical (unpaired) electrons. The number of piperidine rings is 1. The number of carbonyl (C=O) groups is 2. The van der Waals surface area contributed by atoms with Crippen molar-refractivity contribution >= 4 is 34.9 Å². The van der Waals surface area contributed by atoms with Gasteiger partial charge in [0, 0.05) is 42.8 Å². The van der Waals surface area contributed by atoms with E-state index < -0.39 is 6.03 Å². The van der Waals surface area contributed by atoms with E-state index in [9.17, 15) is 9.59 Å². The van der Waals surface area contributed by atoms with Crippen molar-refractivity contribution in [1.82, 2.24) is 9.80 Å². The Kier molecular flexibility index (Phi) is 6.40. The molecule has 3 aliphatic rings. The van der Waals surface area contributed by atoms with Gasteiger partial charge in [-0.25, -0.2) is 4.79 Å². The Labute approximate surface area is 208 Å². The largest absolute Gasteiger partial charge is 0.495 e. The molecule has 0 atom stereocenters. The van der Waals surface area contributed by atoms with Crippen LogP contribution in [0.3, 0.4) is 0 Å². The summed E-state index contributed by atoms with van der Waals surface area (Å²) in [6.45, 7) is 3.73. The fourth-order valence-corrected chi connectivity index (χ4v) is 5.07. The zero-order valence-electron chi connectivity index (χ0n) is 19.4. The molecule has 6 rings (SSSR count). The van der Waals surface area contributed by atoms with Crippen LogP contribution in [-0.4, -0.2) is 61.1 Å². The second-order valence-corrected chi connectivity index (χ2v) is 9.21. The molecule has 0 saturated carbocycles. The van der Waals surface area contributed by atoms with Gasteiger partial charge in [-0.2, -0.15) is 0 Å². The topological polar surface area (TPSA) is 92.2 Å². The van der Waals surface area contributed by atoms with E-state index in [1.54, 1.807) is 42.5 Å². The molecule has 8 nitrogen and oxygen atoms in total. The second kappa shape index (κ2) is 9.64. The number of hydrogen-bond donors (Lipinski definition) is 1. The highest BCUT2D eigenvalue weighted by molar-refractivity contribution is 6.31. The van der Waals surface area contributed by atoms with E-state index in [0.717, 1.165) is 44.6 Å². The number of rotatable bonds is 5. The summed E-state index contributed by atoms with van der Waals surface area (Å²) in [4.78, 5) is 31.2. The van der Waals surface area contributed by atoms with Gasteiger partial charge >= 0.3 is 6.03 Å². The van der Waals surface area contributed by atoms with Gasteiger partial charge in [0.05, 0.1) is 18.5 Å². The molecule has 3 amide bonds. The zero-order chi connectivity index (χ0) is 24.5. The number of primary amides is 1. The summed E-state index contributed by atoms with van der Waals surface area (Å²) in [6, 6.07) is 15.3. The Morgan fingerprint density at radius 3 is 2.46 bits per heavy atom. The molecule has 1 aromatic heterocycles. The first-order chi connectivity index (χ1) is 16.9. The molecule has 2 N–H and O–H groups in total. The molecule has 0 spiro atoms. The fraction of sp³-hybridized carbons (Fsp3) is 0.308. The maximum absolute atomic E-state index is 13.2. The number of methoxy groups -OCH3 is 1. The van der Waals surface area contributed by atoms with Gasteiger partial charge in [0.15, 0.2) is 5.76 Å². The van der Waals surface area contributed by atoms with Crippen molar-refractivity contribution < 1.29 is 18.7 Å². The highest BCUT2D eigenvalue weighted by Crippen LogP contribution is 2.37. The summed E-state index contributed by atoms with van der Waals surface area (Å²) < 4.78 is 11.4. The van der Waals surface area contributed by atoms with Gasteiger partial charge in [0.2, 0.25) is 0 Å². The van der Waals surface area contributed by atoms with Gasteiger partial charge in [-0.15, -0.1) is 0 Å². The lowest BCUT2D eigenvalue weighted by atomic mass is 10.1. The Balaban J connectivity index is 1.38. The predicted molar refractivity (Wildman–Crippen MR) is 134 cm³/mol. The quantitative estimate of drug-likeness (QED) is 0.552. The van der Waals surface area contributed by atoms with E-state index in [1.165, 1.54) is 12.0 Å². The normalized spacial score (nSPS) is 19.3. The molecule has 4 heterocycles. The average molecular weight is 495 g/mol. The number of urea groups is 1. The van der Waals surface area contributed by atoms with E-state index in [4.69, 9.17) is 26.5 Å². The molecule has 2 bridgehead atoms. The van der Waals surface area contributed by atoms with Crippen molar-refractivity contribution in [2.24, 2.45) is 5.73 Å². The summed E-state index contributed by atoms with van der Waals surface area (Å²) in [5.74, 6) is 1.32. The van der Waals surface area contributed by atoms with E-state index in [2.05, 4.69) is 4.90 Å². The molecule has 3 saturated heterocycles. The minimum absolute atomic E-state index is 0.0606. The van der Waals surface area contributed by atoms with Crippen LogP contribution in [0.15, 0.2) is 59.0 Å². The van der Waals surface area contributed by atoms with Crippen molar-refractivity contribution in [1.29, 1.82) is 0 Å². The first-order valence-corrected chi connectivity index (χ1v) is 12.0. The lowest BCUT2D eigenvalue weighted by Crippen LogP contribution is -2.41. The number of ether oxygens (including phenoxy) is 1. The summed E-state index contributed by atoms with van der Waals surface area (Å²) in [5.41, 5.74) is 7.45. The summed E-state index contributed by atoms with van der Waals surface area (Å²) in [6.07, 6.45) is 2.02. The molecule has 0 aliphatic carbocycles. The van der Waals surface area contributed by atoms with Crippen LogP contribution >= 0.6 is 11.6 Å². The number of nitrogens with two attached hydrogens (primary N) is 1. The first-order valence-electron chi connectivity index (χ1n) is 11.6. The first kappa shape index (κ1) is 23.3. The summed E-state index contributed by atoms with van der Waals surface area (Å²) in [5, 5.41) is 0.450. The second-order valence-electron chi connectivity index (χ2n) is 8.77. The number of fused-ring (bicyclic) bond motifs is 4. The SMILES string of the molecule is COc1ccc(Cl)cc1N(C(N)=O)c1ccc(-c2ccc(C(=O)N3CCN4CCC3CC4)o2)cc1. The maximum atomic E-state index is 13.2. The number of amides is 3. The Hall–Kier alpha value is -3.49. The van der Waals surface area contributed by atoms with Crippen LogP contribution in [0.2, 0.25) is 5.02 Å². The lowest BCUT2D eigenvalue weighted by Gasteiger charge is -2.30. The van der Waals surface area contributed by atoms with Gasteiger partial charge in [-0.1, -0.05) is 11.6 Å². The third kappa shape index (κ3) is 4.59. The highest BCUT2D eigenvalue weighted by atomic mass is 35.5. The van der Waals surface area contributed by atoms with Gasteiger partial charge in [-0.05, 0) is 67.4 Å². The zero-order valence-corrected chi connectivity index (χ0v) is 20.2. The third-order valence-corrected chi connectivity index (χ3v) is 6.98. The van der Waals surface area contributed by atoms with Crippen LogP contribution in [0.1, 0.15) is 23.4 Å². The van der Waals surface area contributed by atoms with Crippen LogP contribution < -0.4 is 15.4 Å². The Morgan fingerprint density at radius 1 is 1.03 bits per heavy atom. The number of benzene rings is 2. The molecule has 35 heavy (non-hydrogen) atoms. The number of anilines is 2. The number of nitrogens with zero attached hydrogens (tertiary/aromatic N) is 3. The van der Waals surface area contributed by atoms with Crippen LogP contribution in [0.4, 0.5) is 16.2 Å². The summed E-state index contributed by atoms with van der Waals surface area (Å²) in [7, 11) is 1.51. The molecule has 3 aliphatic heterocycles. The molecular formula is C26H27ClN4O4. The van der Waals surface area contributed by atoms with Crippen molar-refractivity contribution in [2.45, 2.75) is 18.9 Å². The van der Waals surface area contributed by atoms with Crippen LogP contribution in [0, 0.1) is 0 Å². The van der Waals surface area contributed by atoms with Gasteiger partial charge in [0.25, 0.3) is 5.91 Å². The highest BCUT2D eigenvalue weighted by Gasteiger charge is 2.33. The number of hydrogen-bond acceptors (Lipinski definition) is 5. The maximum Gasteiger partial charge on any atom is 0.324 e. The molecule has 2 aromatic carbocycles. The predicted octanol–water partition coefficient (Wildman–Crippen LogP) is 4.75. The van der Waals surface area contributed by atoms with E-state index in [0.29, 0.717) is 33.7 Å². The van der Waals surface area contributed by atoms with Gasteiger partial charge in [-0.3, -0.25) is 9.69 Å². The molecule has 182 valence electrons. The van der Waals surface area contributed by atoms with E-state index in [-0.39, 0.29) is 11.9 Å². The monoisotopic (exact) mass is 494 g/mol. The smallest absolute Gasteiger partial charge is 0.324 e. The van der Waals surface area contributed by atoms with Crippen molar-refractivity contribution in [3.8, 4) is 17.1 Å². The van der Waals surface area contributed by atoms with E-state index >= 15 is 0 Å². The number of furan rings is 1. The minimum Gasteiger partial charge on any atom is -0.495 e. The van der Waals surface area contributed by atoms with Crippen molar-refractivity contribution in [3.63, 3.8) is 0 Å². The summed E-state index contributed by atoms with van der Waals surface area (Å²) >= 11 is 6.15. The van der Waals surface area contributed by atoms with Gasteiger partial charge in [0.1, 0.15) is 11.5 Å². The Morgan fingerprint density at radius 2 is 1.77 bits per heavy atom. The van der Waals surface area contributed by atoms with Crippen molar-refractivity contribution in [2.75, 3.05) is 38.2 Å². The van der Waals surface area contributed by atoms with Crippen LogP contribution in [0.25, 0.3) is 11.3 Å². The molecule has 3 aromatic rings. The van der Waals surface area contributed by atoms with Crippen LogP contribution in [-0.2, 0) is 0 Å².